The molecular weight excluding hydrogens is 340 g/mol. The number of amides is 1. The van der Waals surface area contributed by atoms with Gasteiger partial charge in [-0.3, -0.25) is 4.79 Å². The van der Waals surface area contributed by atoms with E-state index in [-0.39, 0.29) is 12.4 Å². The van der Waals surface area contributed by atoms with Crippen LogP contribution in [0.25, 0.3) is 0 Å². The molecule has 134 valence electrons. The molecule has 0 spiro atoms. The van der Waals surface area contributed by atoms with E-state index in [2.05, 4.69) is 10.3 Å². The summed E-state index contributed by atoms with van der Waals surface area (Å²) in [6, 6.07) is 10.8. The van der Waals surface area contributed by atoms with Crippen LogP contribution in [0.15, 0.2) is 60.9 Å². The normalized spacial score (nSPS) is 11.8. The Labute approximate surface area is 149 Å². The van der Waals surface area contributed by atoms with Crippen LogP contribution in [0, 0.1) is 11.6 Å². The van der Waals surface area contributed by atoms with Crippen molar-refractivity contribution >= 4 is 5.91 Å². The van der Waals surface area contributed by atoms with Crippen molar-refractivity contribution in [3.05, 3.63) is 83.9 Å². The third kappa shape index (κ3) is 4.24. The smallest absolute Gasteiger partial charge is 0.258 e. The van der Waals surface area contributed by atoms with Crippen LogP contribution in [0.4, 0.5) is 8.78 Å². The van der Waals surface area contributed by atoms with Gasteiger partial charge in [-0.05, 0) is 29.8 Å². The summed E-state index contributed by atoms with van der Waals surface area (Å²) in [5.74, 6) is -0.499. The molecule has 0 saturated heterocycles. The van der Waals surface area contributed by atoms with Gasteiger partial charge in [-0.1, -0.05) is 18.2 Å². The molecule has 1 atom stereocenters. The fourth-order valence-corrected chi connectivity index (χ4v) is 2.55. The lowest BCUT2D eigenvalue weighted by molar-refractivity contribution is -0.123. The van der Waals surface area contributed by atoms with Crippen molar-refractivity contribution in [2.75, 3.05) is 6.61 Å². The summed E-state index contributed by atoms with van der Waals surface area (Å²) in [6.45, 7) is -0.306. The van der Waals surface area contributed by atoms with Crippen LogP contribution in [-0.2, 0) is 11.8 Å². The fourth-order valence-electron chi connectivity index (χ4n) is 2.55. The maximum absolute atomic E-state index is 13.6. The summed E-state index contributed by atoms with van der Waals surface area (Å²) >= 11 is 0. The van der Waals surface area contributed by atoms with E-state index >= 15 is 0 Å². The third-order valence-electron chi connectivity index (χ3n) is 3.77. The van der Waals surface area contributed by atoms with Crippen molar-refractivity contribution in [2.24, 2.45) is 7.05 Å². The molecule has 0 aliphatic heterocycles. The number of carbonyl (C=O) groups is 1. The molecule has 3 aromatic rings. The molecule has 0 fully saturated rings. The molecular formula is C19H17F2N3O2. The van der Waals surface area contributed by atoms with Crippen molar-refractivity contribution in [3.63, 3.8) is 0 Å². The zero-order valence-corrected chi connectivity index (χ0v) is 14.0. The van der Waals surface area contributed by atoms with E-state index in [1.165, 1.54) is 30.3 Å². The first-order chi connectivity index (χ1) is 12.5. The van der Waals surface area contributed by atoms with Crippen LogP contribution in [0.5, 0.6) is 5.75 Å². The molecule has 26 heavy (non-hydrogen) atoms. The number of aryl methyl sites for hydroxylation is 1. The van der Waals surface area contributed by atoms with Crippen molar-refractivity contribution in [1.82, 2.24) is 14.9 Å². The number of nitrogens with one attached hydrogen (secondary N) is 1. The molecule has 3 rings (SSSR count). The monoisotopic (exact) mass is 357 g/mol. The van der Waals surface area contributed by atoms with Gasteiger partial charge in [-0.15, -0.1) is 0 Å². The van der Waals surface area contributed by atoms with Crippen molar-refractivity contribution in [3.8, 4) is 5.75 Å². The molecule has 1 aromatic heterocycles. The number of halogens is 2. The minimum absolute atomic E-state index is 0.249. The van der Waals surface area contributed by atoms with E-state index in [4.69, 9.17) is 4.74 Å². The van der Waals surface area contributed by atoms with E-state index in [9.17, 15) is 13.6 Å². The zero-order valence-electron chi connectivity index (χ0n) is 14.0. The van der Waals surface area contributed by atoms with Crippen molar-refractivity contribution < 1.29 is 18.3 Å². The average Bonchev–Trinajstić information content (AvgIpc) is 3.04. The number of benzene rings is 2. The molecule has 7 heteroatoms. The first-order valence-corrected chi connectivity index (χ1v) is 7.93. The Balaban J connectivity index is 1.75. The molecule has 1 amide bonds. The number of ether oxygens (including phenoxy) is 1. The number of aromatic nitrogens is 2. The van der Waals surface area contributed by atoms with Crippen LogP contribution >= 0.6 is 0 Å². The number of hydrogen-bond acceptors (Lipinski definition) is 3. The Morgan fingerprint density at radius 1 is 1.19 bits per heavy atom. The van der Waals surface area contributed by atoms with Gasteiger partial charge in [-0.2, -0.15) is 0 Å². The second-order valence-corrected chi connectivity index (χ2v) is 5.70. The highest BCUT2D eigenvalue weighted by molar-refractivity contribution is 5.78. The maximum atomic E-state index is 13.6. The number of nitrogens with zero attached hydrogens (tertiary/aromatic N) is 2. The lowest BCUT2D eigenvalue weighted by Gasteiger charge is -2.19. The molecule has 0 aliphatic carbocycles. The van der Waals surface area contributed by atoms with Gasteiger partial charge >= 0.3 is 0 Å². The fraction of sp³-hybridized carbons (Fsp3) is 0.158. The van der Waals surface area contributed by atoms with Gasteiger partial charge in [0.25, 0.3) is 5.91 Å². The average molecular weight is 357 g/mol. The van der Waals surface area contributed by atoms with E-state index < -0.39 is 23.6 Å². The molecule has 2 aromatic carbocycles. The van der Waals surface area contributed by atoms with Gasteiger partial charge < -0.3 is 14.6 Å². The second-order valence-electron chi connectivity index (χ2n) is 5.70. The van der Waals surface area contributed by atoms with Gasteiger partial charge in [0, 0.05) is 25.5 Å². The summed E-state index contributed by atoms with van der Waals surface area (Å²) in [5.41, 5.74) is 0.554. The number of carbonyl (C=O) groups excluding carboxylic acids is 1. The molecule has 0 bridgehead atoms. The quantitative estimate of drug-likeness (QED) is 0.738. The Kier molecular flexibility index (Phi) is 5.26. The van der Waals surface area contributed by atoms with Gasteiger partial charge in [0.05, 0.1) is 0 Å². The summed E-state index contributed by atoms with van der Waals surface area (Å²) < 4.78 is 33.8. The number of hydrogen-bond donors (Lipinski definition) is 1. The maximum Gasteiger partial charge on any atom is 0.258 e. The van der Waals surface area contributed by atoms with Crippen LogP contribution in [0.1, 0.15) is 17.4 Å². The Morgan fingerprint density at radius 3 is 2.58 bits per heavy atom. The van der Waals surface area contributed by atoms with Crippen molar-refractivity contribution in [1.29, 1.82) is 0 Å². The topological polar surface area (TPSA) is 56.2 Å². The molecule has 1 heterocycles. The second kappa shape index (κ2) is 7.77. The lowest BCUT2D eigenvalue weighted by Crippen LogP contribution is -2.34. The van der Waals surface area contributed by atoms with E-state index in [0.29, 0.717) is 11.4 Å². The van der Waals surface area contributed by atoms with Gasteiger partial charge in [0.1, 0.15) is 29.3 Å². The SMILES string of the molecule is Cn1ccnc1[C@H](NC(=O)COc1cccc(F)c1)c1cccc(F)c1. The van der Waals surface area contributed by atoms with Crippen LogP contribution < -0.4 is 10.1 Å². The largest absolute Gasteiger partial charge is 0.484 e. The highest BCUT2D eigenvalue weighted by Crippen LogP contribution is 2.21. The Morgan fingerprint density at radius 2 is 1.92 bits per heavy atom. The minimum Gasteiger partial charge on any atom is -0.484 e. The standard InChI is InChI=1S/C19H17F2N3O2/c1-24-9-8-22-19(24)18(13-4-2-5-14(20)10-13)23-17(25)12-26-16-7-3-6-15(21)11-16/h2-11,18H,12H2,1H3,(H,23,25)/t18-/m1/s1. The van der Waals surface area contributed by atoms with Crippen LogP contribution in [-0.4, -0.2) is 22.1 Å². The molecule has 0 unspecified atom stereocenters. The van der Waals surface area contributed by atoms with Gasteiger partial charge in [0.15, 0.2) is 6.61 Å². The molecule has 5 nitrogen and oxygen atoms in total. The Bertz CT molecular complexity index is 911. The van der Waals surface area contributed by atoms with E-state index in [1.807, 2.05) is 0 Å². The predicted molar refractivity (Wildman–Crippen MR) is 91.5 cm³/mol. The minimum atomic E-state index is -0.644. The van der Waals surface area contributed by atoms with Crippen LogP contribution in [0.3, 0.4) is 0 Å². The molecule has 0 aliphatic rings. The molecule has 0 radical (unpaired) electrons. The first-order valence-electron chi connectivity index (χ1n) is 7.93. The first kappa shape index (κ1) is 17.6. The van der Waals surface area contributed by atoms with Gasteiger partial charge in [-0.25, -0.2) is 13.8 Å². The highest BCUT2D eigenvalue weighted by Gasteiger charge is 2.21. The predicted octanol–water partition coefficient (Wildman–Crippen LogP) is 2.98. The van der Waals surface area contributed by atoms with Gasteiger partial charge in [0.2, 0.25) is 0 Å². The third-order valence-corrected chi connectivity index (χ3v) is 3.77. The van der Waals surface area contributed by atoms with E-state index in [1.54, 1.807) is 42.2 Å². The molecule has 0 saturated carbocycles. The van der Waals surface area contributed by atoms with E-state index in [0.717, 1.165) is 0 Å². The van der Waals surface area contributed by atoms with Crippen molar-refractivity contribution in [2.45, 2.75) is 6.04 Å². The number of imidazole rings is 1. The highest BCUT2D eigenvalue weighted by atomic mass is 19.1. The summed E-state index contributed by atoms with van der Waals surface area (Å²) in [5, 5.41) is 2.78. The lowest BCUT2D eigenvalue weighted by atomic mass is 10.1. The molecule has 1 N–H and O–H groups in total. The number of rotatable bonds is 6. The summed E-state index contributed by atoms with van der Waals surface area (Å²) in [7, 11) is 1.78. The van der Waals surface area contributed by atoms with Crippen LogP contribution in [0.2, 0.25) is 0 Å². The summed E-state index contributed by atoms with van der Waals surface area (Å²) in [6.07, 6.45) is 3.33. The Hall–Kier alpha value is -3.22. The summed E-state index contributed by atoms with van der Waals surface area (Å²) in [4.78, 5) is 16.6. The zero-order chi connectivity index (χ0) is 18.5.